The molecule has 3 aromatic rings. The number of nitrogens with one attached hydrogen (secondary N) is 1. The number of anilines is 1. The molecule has 2 amide bonds. The third-order valence-corrected chi connectivity index (χ3v) is 9.54. The van der Waals surface area contributed by atoms with Gasteiger partial charge in [0.1, 0.15) is 18.0 Å². The van der Waals surface area contributed by atoms with Gasteiger partial charge in [-0.25, -0.2) is 24.5 Å². The Morgan fingerprint density at radius 2 is 1.85 bits per heavy atom. The molecule has 0 radical (unpaired) electrons. The molecule has 2 aliphatic rings. The van der Waals surface area contributed by atoms with Crippen LogP contribution in [0.4, 0.5) is 10.6 Å². The number of halogens is 1. The largest absolute Gasteiger partial charge is 0.454 e. The fraction of sp³-hybridized carbons (Fsp3) is 0.533. The molecule has 0 aliphatic carbocycles. The van der Waals surface area contributed by atoms with Crippen molar-refractivity contribution in [3.63, 3.8) is 0 Å². The van der Waals surface area contributed by atoms with E-state index in [9.17, 15) is 14.4 Å². The zero-order chi connectivity index (χ0) is 33.2. The molecule has 46 heavy (non-hydrogen) atoms. The highest BCUT2D eigenvalue weighted by Gasteiger charge is 2.30. The monoisotopic (exact) mass is 719 g/mol. The van der Waals surface area contributed by atoms with Crippen LogP contribution >= 0.6 is 27.7 Å². The van der Waals surface area contributed by atoms with Crippen molar-refractivity contribution in [3.8, 4) is 11.5 Å². The molecule has 2 unspecified atom stereocenters. The highest BCUT2D eigenvalue weighted by molar-refractivity contribution is 9.10. The molecule has 0 saturated carbocycles. The number of fused-ring (bicyclic) bond motifs is 2. The summed E-state index contributed by atoms with van der Waals surface area (Å²) in [5.41, 5.74) is 6.65. The zero-order valence-electron chi connectivity index (χ0n) is 26.4. The van der Waals surface area contributed by atoms with E-state index in [1.54, 1.807) is 32.6 Å². The summed E-state index contributed by atoms with van der Waals surface area (Å²) in [5, 5.41) is 3.16. The summed E-state index contributed by atoms with van der Waals surface area (Å²) in [6, 6.07) is 2.83. The minimum Gasteiger partial charge on any atom is -0.454 e. The molecule has 14 nitrogen and oxygen atoms in total. The molecular weight excluding hydrogens is 682 g/mol. The number of ether oxygens (including phenoxy) is 4. The molecule has 2 atom stereocenters. The van der Waals surface area contributed by atoms with Crippen LogP contribution in [0.3, 0.4) is 0 Å². The summed E-state index contributed by atoms with van der Waals surface area (Å²) in [7, 11) is 0. The average Bonchev–Trinajstić information content (AvgIpc) is 3.59. The van der Waals surface area contributed by atoms with Gasteiger partial charge in [-0.1, -0.05) is 11.8 Å². The summed E-state index contributed by atoms with van der Waals surface area (Å²) in [5.74, 6) is 1.04. The number of aromatic nitrogens is 4. The lowest BCUT2D eigenvalue weighted by Gasteiger charge is -2.33. The third-order valence-electron chi connectivity index (χ3n) is 7.57. The van der Waals surface area contributed by atoms with Crippen LogP contribution in [-0.4, -0.2) is 80.0 Å². The molecule has 0 bridgehead atoms. The summed E-state index contributed by atoms with van der Waals surface area (Å²) in [6.45, 7) is 10.1. The van der Waals surface area contributed by atoms with E-state index in [1.807, 2.05) is 12.1 Å². The minimum absolute atomic E-state index is 0.182. The number of aryl methyl sites for hydroxylation is 1. The van der Waals surface area contributed by atoms with Crippen LogP contribution in [0.1, 0.15) is 53.9 Å². The summed E-state index contributed by atoms with van der Waals surface area (Å²) < 4.78 is 24.5. The quantitative estimate of drug-likeness (QED) is 0.297. The highest BCUT2D eigenvalue weighted by atomic mass is 79.9. The molecule has 2 aliphatic heterocycles. The summed E-state index contributed by atoms with van der Waals surface area (Å²) in [4.78, 5) is 53.6. The number of benzene rings is 1. The minimum atomic E-state index is -0.982. The first kappa shape index (κ1) is 33.6. The number of carbonyl (C=O) groups excluding carboxylic acids is 3. The number of rotatable bonds is 9. The van der Waals surface area contributed by atoms with Gasteiger partial charge in [0, 0.05) is 29.0 Å². The molecule has 5 rings (SSSR count). The van der Waals surface area contributed by atoms with Gasteiger partial charge in [0.15, 0.2) is 39.7 Å². The van der Waals surface area contributed by atoms with E-state index in [0.717, 1.165) is 33.8 Å². The summed E-state index contributed by atoms with van der Waals surface area (Å²) in [6.07, 6.45) is 2.15. The molecule has 3 N–H and O–H groups in total. The van der Waals surface area contributed by atoms with Gasteiger partial charge in [-0.05, 0) is 87.9 Å². The van der Waals surface area contributed by atoms with E-state index in [-0.39, 0.29) is 12.7 Å². The molecule has 4 heterocycles. The Hall–Kier alpha value is -3.79. The van der Waals surface area contributed by atoms with Crippen molar-refractivity contribution in [2.45, 2.75) is 88.2 Å². The molecule has 1 aromatic carbocycles. The van der Waals surface area contributed by atoms with Crippen LogP contribution in [0, 0.1) is 5.92 Å². The van der Waals surface area contributed by atoms with E-state index >= 15 is 0 Å². The van der Waals surface area contributed by atoms with Crippen molar-refractivity contribution in [2.24, 2.45) is 5.92 Å². The van der Waals surface area contributed by atoms with Crippen LogP contribution in [0.2, 0.25) is 0 Å². The Kier molecular flexibility index (Phi) is 10.2. The van der Waals surface area contributed by atoms with Gasteiger partial charge in [-0.2, -0.15) is 0 Å². The number of alkyl carbamates (subject to hydrolysis) is 1. The molecule has 248 valence electrons. The number of likely N-dealkylation sites (tertiary alicyclic amines) is 1. The van der Waals surface area contributed by atoms with Crippen molar-refractivity contribution in [3.05, 3.63) is 22.9 Å². The highest BCUT2D eigenvalue weighted by Crippen LogP contribution is 2.43. The van der Waals surface area contributed by atoms with Crippen molar-refractivity contribution in [1.29, 1.82) is 0 Å². The third kappa shape index (κ3) is 7.94. The van der Waals surface area contributed by atoms with Crippen LogP contribution in [0.25, 0.3) is 11.2 Å². The molecule has 2 aromatic heterocycles. The Morgan fingerprint density at radius 3 is 2.54 bits per heavy atom. The lowest BCUT2D eigenvalue weighted by atomic mass is 9.93. The Morgan fingerprint density at radius 1 is 1.15 bits per heavy atom. The molecule has 1 fully saturated rings. The molecular formula is C30H38BrN7O7S. The number of amides is 2. The van der Waals surface area contributed by atoms with Gasteiger partial charge in [0.05, 0.1) is 0 Å². The second kappa shape index (κ2) is 13.9. The number of nitrogens with two attached hydrogens (primary N) is 1. The first-order valence-electron chi connectivity index (χ1n) is 15.0. The smallest absolute Gasteiger partial charge is 0.408 e. The topological polar surface area (TPSA) is 173 Å². The van der Waals surface area contributed by atoms with Crippen LogP contribution in [0.5, 0.6) is 11.5 Å². The van der Waals surface area contributed by atoms with E-state index in [1.165, 1.54) is 25.0 Å². The maximum Gasteiger partial charge on any atom is 0.408 e. The van der Waals surface area contributed by atoms with Gasteiger partial charge in [-0.3, -0.25) is 4.79 Å². The Bertz CT molecular complexity index is 1620. The fourth-order valence-electron chi connectivity index (χ4n) is 5.17. The zero-order valence-corrected chi connectivity index (χ0v) is 28.8. The number of carbonyl (C=O) groups is 3. The molecule has 0 spiro atoms. The average molecular weight is 721 g/mol. The van der Waals surface area contributed by atoms with Crippen molar-refractivity contribution < 1.29 is 33.3 Å². The van der Waals surface area contributed by atoms with Crippen molar-refractivity contribution >= 4 is 62.6 Å². The van der Waals surface area contributed by atoms with Gasteiger partial charge in [0.25, 0.3) is 5.91 Å². The fourth-order valence-corrected chi connectivity index (χ4v) is 6.68. The SMILES string of the molecule is CC(NC(=O)OC(C)(C)C)C(=O)OC(C)C(=O)N1CCC(CCn2c(Sc3cc4c(cc3Br)OCO4)nc3c(N)ncnc32)CC1. The van der Waals surface area contributed by atoms with Crippen molar-refractivity contribution in [2.75, 3.05) is 25.6 Å². The van der Waals surface area contributed by atoms with Gasteiger partial charge >= 0.3 is 12.1 Å². The maximum absolute atomic E-state index is 13.1. The molecule has 16 heteroatoms. The predicted octanol–water partition coefficient (Wildman–Crippen LogP) is 4.52. The second-order valence-electron chi connectivity index (χ2n) is 12.2. The number of esters is 1. The Balaban J connectivity index is 1.16. The van der Waals surface area contributed by atoms with Crippen LogP contribution in [0.15, 0.2) is 33.0 Å². The van der Waals surface area contributed by atoms with Crippen molar-refractivity contribution in [1.82, 2.24) is 29.7 Å². The van der Waals surface area contributed by atoms with E-state index in [4.69, 9.17) is 29.7 Å². The van der Waals surface area contributed by atoms with Crippen LogP contribution in [-0.2, 0) is 25.6 Å². The Labute approximate surface area is 279 Å². The maximum atomic E-state index is 13.1. The van der Waals surface area contributed by atoms with Gasteiger partial charge in [-0.15, -0.1) is 0 Å². The lowest BCUT2D eigenvalue weighted by molar-refractivity contribution is -0.161. The lowest BCUT2D eigenvalue weighted by Crippen LogP contribution is -2.47. The number of piperidine rings is 1. The van der Waals surface area contributed by atoms with E-state index in [0.29, 0.717) is 54.0 Å². The first-order valence-corrected chi connectivity index (χ1v) is 16.6. The number of hydrogen-bond acceptors (Lipinski definition) is 12. The number of nitrogens with zero attached hydrogens (tertiary/aromatic N) is 5. The standard InChI is InChI=1S/C30H38BrN7O7S/c1-16(35-29(41)45-30(3,4)5)27(40)44-17(2)26(39)37-9-6-18(7-10-37)8-11-38-25-23(24(32)33-14-34-25)36-28(38)46-22-13-21-20(12-19(22)31)42-15-43-21/h12-14,16-18H,6-11,15H2,1-5H3,(H,35,41)(H2,32,33,34). The number of hydrogen-bond donors (Lipinski definition) is 2. The normalized spacial score (nSPS) is 16.3. The van der Waals surface area contributed by atoms with Gasteiger partial charge < -0.3 is 39.5 Å². The van der Waals surface area contributed by atoms with E-state index < -0.39 is 29.8 Å². The predicted molar refractivity (Wildman–Crippen MR) is 172 cm³/mol. The number of nitrogen functional groups attached to an aromatic ring is 1. The van der Waals surface area contributed by atoms with E-state index in [2.05, 4.69) is 35.8 Å². The summed E-state index contributed by atoms with van der Waals surface area (Å²) >= 11 is 5.10. The first-order chi connectivity index (χ1) is 21.8. The molecule has 1 saturated heterocycles. The van der Waals surface area contributed by atoms with Gasteiger partial charge in [0.2, 0.25) is 6.79 Å². The number of imidazole rings is 1. The second-order valence-corrected chi connectivity index (χ2v) is 14.1. The van der Waals surface area contributed by atoms with Crippen LogP contribution < -0.4 is 20.5 Å².